The van der Waals surface area contributed by atoms with Gasteiger partial charge in [-0.05, 0) is 55.5 Å². The Kier molecular flexibility index (Phi) is 5.60. The molecule has 1 fully saturated rings. The SMILES string of the molecule is CC(C)n1ncc(NCCC2CCCCO2)c(Br)c1=O. The van der Waals surface area contributed by atoms with E-state index in [1.54, 1.807) is 6.20 Å². The minimum atomic E-state index is -0.0982. The van der Waals surface area contributed by atoms with E-state index in [0.717, 1.165) is 31.7 Å². The highest BCUT2D eigenvalue weighted by atomic mass is 79.9. The van der Waals surface area contributed by atoms with Crippen LogP contribution in [0.2, 0.25) is 0 Å². The lowest BCUT2D eigenvalue weighted by molar-refractivity contribution is 0.0134. The predicted molar refractivity (Wildman–Crippen MR) is 83.3 cm³/mol. The molecule has 1 saturated heterocycles. The zero-order valence-corrected chi connectivity index (χ0v) is 13.6. The minimum absolute atomic E-state index is 0.0588. The molecule has 0 amide bonds. The number of nitrogens with zero attached hydrogens (tertiary/aromatic N) is 2. The van der Waals surface area contributed by atoms with Crippen molar-refractivity contribution in [2.75, 3.05) is 18.5 Å². The second-order valence-corrected chi connectivity index (χ2v) is 6.21. The number of anilines is 1. The lowest BCUT2D eigenvalue weighted by Crippen LogP contribution is -2.27. The van der Waals surface area contributed by atoms with Gasteiger partial charge in [0.25, 0.3) is 5.56 Å². The number of aromatic nitrogens is 2. The molecule has 6 heteroatoms. The van der Waals surface area contributed by atoms with E-state index in [9.17, 15) is 4.79 Å². The van der Waals surface area contributed by atoms with Gasteiger partial charge >= 0.3 is 0 Å². The minimum Gasteiger partial charge on any atom is -0.383 e. The van der Waals surface area contributed by atoms with Crippen LogP contribution in [-0.4, -0.2) is 29.0 Å². The first kappa shape index (κ1) is 15.5. The summed E-state index contributed by atoms with van der Waals surface area (Å²) < 4.78 is 7.71. The van der Waals surface area contributed by atoms with Gasteiger partial charge in [-0.3, -0.25) is 4.79 Å². The van der Waals surface area contributed by atoms with Crippen molar-refractivity contribution in [1.29, 1.82) is 0 Å². The van der Waals surface area contributed by atoms with Gasteiger partial charge in [0, 0.05) is 13.2 Å². The van der Waals surface area contributed by atoms with Crippen molar-refractivity contribution in [1.82, 2.24) is 9.78 Å². The van der Waals surface area contributed by atoms with Gasteiger partial charge in [-0.2, -0.15) is 5.10 Å². The van der Waals surface area contributed by atoms with E-state index in [-0.39, 0.29) is 11.6 Å². The van der Waals surface area contributed by atoms with Gasteiger partial charge in [-0.25, -0.2) is 4.68 Å². The summed E-state index contributed by atoms with van der Waals surface area (Å²) in [5, 5.41) is 7.45. The average molecular weight is 344 g/mol. The molecule has 1 aromatic rings. The molecule has 0 aliphatic carbocycles. The fourth-order valence-electron chi connectivity index (χ4n) is 2.34. The van der Waals surface area contributed by atoms with E-state index in [0.29, 0.717) is 10.6 Å². The summed E-state index contributed by atoms with van der Waals surface area (Å²) in [6, 6.07) is 0.0588. The van der Waals surface area contributed by atoms with Crippen molar-refractivity contribution in [2.24, 2.45) is 0 Å². The number of halogens is 1. The predicted octanol–water partition coefficient (Wildman–Crippen LogP) is 2.96. The molecule has 112 valence electrons. The van der Waals surface area contributed by atoms with Crippen molar-refractivity contribution in [3.05, 3.63) is 21.0 Å². The average Bonchev–Trinajstić information content (AvgIpc) is 2.44. The van der Waals surface area contributed by atoms with Crippen LogP contribution in [0.3, 0.4) is 0 Å². The van der Waals surface area contributed by atoms with Crippen LogP contribution < -0.4 is 10.9 Å². The Morgan fingerprint density at radius 2 is 2.35 bits per heavy atom. The largest absolute Gasteiger partial charge is 0.383 e. The molecule has 1 atom stereocenters. The molecular weight excluding hydrogens is 322 g/mol. The maximum atomic E-state index is 12.1. The number of rotatable bonds is 5. The zero-order chi connectivity index (χ0) is 14.5. The normalized spacial score (nSPS) is 19.3. The Bertz CT molecular complexity index is 496. The summed E-state index contributed by atoms with van der Waals surface area (Å²) in [5.41, 5.74) is 0.654. The molecule has 0 aromatic carbocycles. The van der Waals surface area contributed by atoms with E-state index >= 15 is 0 Å². The monoisotopic (exact) mass is 343 g/mol. The standard InChI is InChI=1S/C14H22BrN3O2/c1-10(2)18-14(19)13(15)12(9-17-18)16-7-6-11-5-3-4-8-20-11/h9-11,16H,3-8H2,1-2H3. The van der Waals surface area contributed by atoms with Gasteiger partial charge in [0.05, 0.1) is 24.0 Å². The highest BCUT2D eigenvalue weighted by molar-refractivity contribution is 9.10. The van der Waals surface area contributed by atoms with Crippen molar-refractivity contribution in [3.63, 3.8) is 0 Å². The second kappa shape index (κ2) is 7.22. The summed E-state index contributed by atoms with van der Waals surface area (Å²) in [4.78, 5) is 12.1. The zero-order valence-electron chi connectivity index (χ0n) is 12.1. The van der Waals surface area contributed by atoms with E-state index in [4.69, 9.17) is 4.74 Å². The lowest BCUT2D eigenvalue weighted by atomic mass is 10.1. The second-order valence-electron chi connectivity index (χ2n) is 5.42. The maximum Gasteiger partial charge on any atom is 0.283 e. The van der Waals surface area contributed by atoms with Crippen molar-refractivity contribution < 1.29 is 4.74 Å². The molecule has 2 heterocycles. The molecule has 1 aliphatic rings. The van der Waals surface area contributed by atoms with Crippen LogP contribution in [0.1, 0.15) is 45.6 Å². The number of hydrogen-bond donors (Lipinski definition) is 1. The molecule has 0 saturated carbocycles. The maximum absolute atomic E-state index is 12.1. The Labute approximate surface area is 127 Å². The summed E-state index contributed by atoms with van der Waals surface area (Å²) in [7, 11) is 0. The molecule has 1 N–H and O–H groups in total. The van der Waals surface area contributed by atoms with Gasteiger partial charge in [0.1, 0.15) is 4.47 Å². The number of ether oxygens (including phenoxy) is 1. The fraction of sp³-hybridized carbons (Fsp3) is 0.714. The molecule has 2 rings (SSSR count). The van der Waals surface area contributed by atoms with Crippen LogP contribution in [0, 0.1) is 0 Å². The van der Waals surface area contributed by atoms with Crippen molar-refractivity contribution >= 4 is 21.6 Å². The van der Waals surface area contributed by atoms with Gasteiger partial charge in [-0.15, -0.1) is 0 Å². The molecule has 0 radical (unpaired) electrons. The Balaban J connectivity index is 1.93. The Morgan fingerprint density at radius 1 is 1.55 bits per heavy atom. The first-order chi connectivity index (χ1) is 9.59. The first-order valence-corrected chi connectivity index (χ1v) is 8.01. The van der Waals surface area contributed by atoms with Crippen LogP contribution in [0.5, 0.6) is 0 Å². The highest BCUT2D eigenvalue weighted by Crippen LogP contribution is 2.19. The van der Waals surface area contributed by atoms with E-state index < -0.39 is 0 Å². The Hall–Kier alpha value is -0.880. The lowest BCUT2D eigenvalue weighted by Gasteiger charge is -2.22. The molecule has 1 aliphatic heterocycles. The van der Waals surface area contributed by atoms with E-state index in [1.807, 2.05) is 13.8 Å². The number of nitrogens with one attached hydrogen (secondary N) is 1. The summed E-state index contributed by atoms with van der Waals surface area (Å²) in [5.74, 6) is 0. The summed E-state index contributed by atoms with van der Waals surface area (Å²) in [6.07, 6.45) is 6.56. The topological polar surface area (TPSA) is 56.1 Å². The molecule has 0 bridgehead atoms. The van der Waals surface area contributed by atoms with Crippen molar-refractivity contribution in [3.8, 4) is 0 Å². The van der Waals surface area contributed by atoms with Gasteiger partial charge in [0.2, 0.25) is 0 Å². The van der Waals surface area contributed by atoms with Gasteiger partial charge in [-0.1, -0.05) is 0 Å². The van der Waals surface area contributed by atoms with Crippen LogP contribution in [0.15, 0.2) is 15.5 Å². The third kappa shape index (κ3) is 3.82. The molecule has 5 nitrogen and oxygen atoms in total. The quantitative estimate of drug-likeness (QED) is 0.892. The van der Waals surface area contributed by atoms with Crippen LogP contribution in [0.4, 0.5) is 5.69 Å². The van der Waals surface area contributed by atoms with Gasteiger partial charge in [0.15, 0.2) is 0 Å². The molecular formula is C14H22BrN3O2. The van der Waals surface area contributed by atoms with E-state index in [1.165, 1.54) is 17.5 Å². The summed E-state index contributed by atoms with van der Waals surface area (Å²) in [6.45, 7) is 5.54. The third-order valence-electron chi connectivity index (χ3n) is 3.49. The fourth-order valence-corrected chi connectivity index (χ4v) is 2.76. The highest BCUT2D eigenvalue weighted by Gasteiger charge is 2.14. The van der Waals surface area contributed by atoms with Crippen LogP contribution in [0.25, 0.3) is 0 Å². The Morgan fingerprint density at radius 3 is 3.00 bits per heavy atom. The first-order valence-electron chi connectivity index (χ1n) is 7.22. The third-order valence-corrected chi connectivity index (χ3v) is 4.25. The molecule has 0 spiro atoms. The number of hydrogen-bond acceptors (Lipinski definition) is 4. The van der Waals surface area contributed by atoms with Crippen LogP contribution >= 0.6 is 15.9 Å². The van der Waals surface area contributed by atoms with Crippen LogP contribution in [-0.2, 0) is 4.74 Å². The molecule has 1 aromatic heterocycles. The van der Waals surface area contributed by atoms with E-state index in [2.05, 4.69) is 26.3 Å². The summed E-state index contributed by atoms with van der Waals surface area (Å²) >= 11 is 3.36. The molecule has 20 heavy (non-hydrogen) atoms. The van der Waals surface area contributed by atoms with Crippen molar-refractivity contribution in [2.45, 2.75) is 51.7 Å². The smallest absolute Gasteiger partial charge is 0.283 e. The molecule has 1 unspecified atom stereocenters. The van der Waals surface area contributed by atoms with Gasteiger partial charge < -0.3 is 10.1 Å².